The van der Waals surface area contributed by atoms with E-state index in [-0.39, 0.29) is 24.3 Å². The van der Waals surface area contributed by atoms with Crippen LogP contribution in [-0.4, -0.2) is 47.9 Å². The summed E-state index contributed by atoms with van der Waals surface area (Å²) in [5, 5.41) is 4.12. The van der Waals surface area contributed by atoms with Crippen LogP contribution in [-0.2, 0) is 10.3 Å². The largest absolute Gasteiger partial charge is 0.325 e. The smallest absolute Gasteiger partial charge is 0.315 e. The number of nitrogens with zero attached hydrogens (tertiary/aromatic N) is 2. The lowest BCUT2D eigenvalue weighted by Crippen LogP contribution is -2.45. The van der Waals surface area contributed by atoms with Crippen LogP contribution < -0.4 is 5.32 Å². The highest BCUT2D eigenvalue weighted by atomic mass is 35.5. The predicted molar refractivity (Wildman–Crippen MR) is 151 cm³/mol. The van der Waals surface area contributed by atoms with Gasteiger partial charge in [0.1, 0.15) is 0 Å². The molecule has 2 saturated heterocycles. The minimum atomic E-state index is -1.31. The number of rotatable bonds is 7. The van der Waals surface area contributed by atoms with Gasteiger partial charge >= 0.3 is 6.03 Å². The van der Waals surface area contributed by atoms with Crippen molar-refractivity contribution in [1.82, 2.24) is 15.1 Å². The Hall–Kier alpha value is -2.57. The summed E-state index contributed by atoms with van der Waals surface area (Å²) in [5.41, 5.74) is 1.44. The Morgan fingerprint density at radius 1 is 0.784 bits per heavy atom. The third-order valence-electron chi connectivity index (χ3n) is 7.37. The molecular weight excluding hydrogens is 529 g/mol. The van der Waals surface area contributed by atoms with Crippen molar-refractivity contribution >= 4 is 47.5 Å². The fraction of sp³-hybridized carbons (Fsp3) is 0.310. The van der Waals surface area contributed by atoms with E-state index in [2.05, 4.69) is 40.5 Å². The summed E-state index contributed by atoms with van der Waals surface area (Å²) in [4.78, 5) is 30.7. The molecule has 5 nitrogen and oxygen atoms in total. The minimum Gasteiger partial charge on any atom is -0.315 e. The Labute approximate surface area is 234 Å². The zero-order valence-corrected chi connectivity index (χ0v) is 22.7. The van der Waals surface area contributed by atoms with E-state index in [4.69, 9.17) is 23.2 Å². The molecule has 3 amide bonds. The van der Waals surface area contributed by atoms with E-state index in [1.807, 2.05) is 0 Å². The second kappa shape index (κ2) is 11.9. The van der Waals surface area contributed by atoms with Crippen molar-refractivity contribution in [2.24, 2.45) is 0 Å². The maximum absolute atomic E-state index is 13.9. The van der Waals surface area contributed by atoms with E-state index in [1.54, 1.807) is 48.5 Å². The van der Waals surface area contributed by atoms with Crippen molar-refractivity contribution in [2.45, 2.75) is 30.7 Å². The van der Waals surface area contributed by atoms with Gasteiger partial charge in [-0.15, -0.1) is 12.4 Å². The van der Waals surface area contributed by atoms with E-state index >= 15 is 0 Å². The molecule has 2 aliphatic heterocycles. The molecule has 8 heteroatoms. The summed E-state index contributed by atoms with van der Waals surface area (Å²) in [7, 11) is 0. The molecule has 0 atom stereocenters. The van der Waals surface area contributed by atoms with Crippen LogP contribution in [0.25, 0.3) is 0 Å². The molecule has 0 aromatic heterocycles. The van der Waals surface area contributed by atoms with Crippen molar-refractivity contribution in [2.75, 3.05) is 26.2 Å². The number of nitrogens with one attached hydrogen (secondary N) is 1. The van der Waals surface area contributed by atoms with Crippen molar-refractivity contribution in [3.8, 4) is 0 Å². The second-order valence-corrected chi connectivity index (χ2v) is 10.4. The number of carbonyl (C=O) groups excluding carboxylic acids is 2. The van der Waals surface area contributed by atoms with Gasteiger partial charge in [0, 0.05) is 16.6 Å². The lowest BCUT2D eigenvalue weighted by molar-refractivity contribution is -0.130. The molecule has 37 heavy (non-hydrogen) atoms. The first-order chi connectivity index (χ1) is 17.5. The summed E-state index contributed by atoms with van der Waals surface area (Å²) in [5.74, 6) is 0.327. The van der Waals surface area contributed by atoms with E-state index in [9.17, 15) is 9.59 Å². The number of amides is 3. The number of likely N-dealkylation sites (tertiary alicyclic amines) is 1. The van der Waals surface area contributed by atoms with Gasteiger partial charge in [-0.05, 0) is 85.8 Å². The van der Waals surface area contributed by atoms with Crippen LogP contribution in [0, 0.1) is 0 Å². The number of piperidine rings is 1. The van der Waals surface area contributed by atoms with Gasteiger partial charge in [-0.25, -0.2) is 4.79 Å². The Balaban J connectivity index is 0.00000320. The fourth-order valence-corrected chi connectivity index (χ4v) is 5.66. The SMILES string of the molecule is Cl.O=C1NC(c2ccc(Cl)cc2)(c2ccc(Cl)cc2)C(=O)N1CCCN1CCC(c2ccccc2)CC1. The monoisotopic (exact) mass is 557 g/mol. The van der Waals surface area contributed by atoms with E-state index in [0.29, 0.717) is 33.6 Å². The molecule has 0 bridgehead atoms. The average Bonchev–Trinajstić information content (AvgIpc) is 3.16. The number of imide groups is 1. The average molecular weight is 559 g/mol. The highest BCUT2D eigenvalue weighted by Crippen LogP contribution is 2.37. The normalized spacial score (nSPS) is 17.9. The van der Waals surface area contributed by atoms with Gasteiger partial charge in [0.25, 0.3) is 5.91 Å². The summed E-state index contributed by atoms with van der Waals surface area (Å²) >= 11 is 12.2. The third kappa shape index (κ3) is 5.65. The highest BCUT2D eigenvalue weighted by Gasteiger charge is 2.53. The molecule has 2 aliphatic rings. The molecule has 3 aromatic carbocycles. The van der Waals surface area contributed by atoms with Crippen LogP contribution in [0.3, 0.4) is 0 Å². The third-order valence-corrected chi connectivity index (χ3v) is 7.88. The Morgan fingerprint density at radius 2 is 1.32 bits per heavy atom. The van der Waals surface area contributed by atoms with Gasteiger partial charge in [0.2, 0.25) is 0 Å². The number of halogens is 3. The first-order valence-electron chi connectivity index (χ1n) is 12.4. The molecule has 0 spiro atoms. The van der Waals surface area contributed by atoms with E-state index < -0.39 is 5.54 Å². The van der Waals surface area contributed by atoms with Crippen molar-refractivity contribution in [1.29, 1.82) is 0 Å². The molecule has 5 rings (SSSR count). The van der Waals surface area contributed by atoms with E-state index in [1.165, 1.54) is 10.5 Å². The number of urea groups is 1. The summed E-state index contributed by atoms with van der Waals surface area (Å²) < 4.78 is 0. The van der Waals surface area contributed by atoms with Crippen LogP contribution in [0.4, 0.5) is 4.79 Å². The first-order valence-corrected chi connectivity index (χ1v) is 13.2. The van der Waals surface area contributed by atoms with Gasteiger partial charge in [0.05, 0.1) is 0 Å². The molecule has 2 heterocycles. The van der Waals surface area contributed by atoms with Crippen molar-refractivity contribution in [3.05, 3.63) is 106 Å². The van der Waals surface area contributed by atoms with Gasteiger partial charge in [-0.3, -0.25) is 9.69 Å². The van der Waals surface area contributed by atoms with Crippen molar-refractivity contribution < 1.29 is 9.59 Å². The van der Waals surface area contributed by atoms with Crippen LogP contribution in [0.1, 0.15) is 41.9 Å². The molecule has 0 aliphatic carbocycles. The Kier molecular flexibility index (Phi) is 8.81. The fourth-order valence-electron chi connectivity index (χ4n) is 5.40. The summed E-state index contributed by atoms with van der Waals surface area (Å²) in [6, 6.07) is 24.4. The lowest BCUT2D eigenvalue weighted by Gasteiger charge is -2.32. The molecule has 194 valence electrons. The number of hydrogen-bond donors (Lipinski definition) is 1. The first kappa shape index (κ1) is 27.5. The van der Waals surface area contributed by atoms with E-state index in [0.717, 1.165) is 38.9 Å². The van der Waals surface area contributed by atoms with Gasteiger partial charge in [-0.2, -0.15) is 0 Å². The Morgan fingerprint density at radius 3 is 1.86 bits per heavy atom. The Bertz CT molecular complexity index is 1170. The standard InChI is InChI=1S/C29H29Cl2N3O2.ClH/c30-25-11-7-23(8-12-25)29(24-9-13-26(31)14-10-24)27(35)34(28(36)32-29)18-4-17-33-19-15-22(16-20-33)21-5-2-1-3-6-21;/h1-3,5-14,22H,4,15-20H2,(H,32,36);1H. The molecule has 0 unspecified atom stereocenters. The molecule has 3 aromatic rings. The van der Waals surface area contributed by atoms with Crippen molar-refractivity contribution in [3.63, 3.8) is 0 Å². The topological polar surface area (TPSA) is 52.7 Å². The van der Waals surface area contributed by atoms with Gasteiger partial charge < -0.3 is 10.2 Å². The number of hydrogen-bond acceptors (Lipinski definition) is 3. The second-order valence-electron chi connectivity index (χ2n) is 9.53. The predicted octanol–water partition coefficient (Wildman–Crippen LogP) is 6.48. The summed E-state index contributed by atoms with van der Waals surface area (Å²) in [6.45, 7) is 3.28. The lowest BCUT2D eigenvalue weighted by atomic mass is 9.82. The van der Waals surface area contributed by atoms with Gasteiger partial charge in [-0.1, -0.05) is 77.8 Å². The molecule has 2 fully saturated rings. The van der Waals surface area contributed by atoms with Crippen LogP contribution in [0.5, 0.6) is 0 Å². The summed E-state index contributed by atoms with van der Waals surface area (Å²) in [6.07, 6.45) is 2.99. The van der Waals surface area contributed by atoms with Crippen LogP contribution in [0.15, 0.2) is 78.9 Å². The minimum absolute atomic E-state index is 0. The highest BCUT2D eigenvalue weighted by molar-refractivity contribution is 6.31. The van der Waals surface area contributed by atoms with Gasteiger partial charge in [0.15, 0.2) is 5.54 Å². The van der Waals surface area contributed by atoms with Crippen LogP contribution in [0.2, 0.25) is 10.0 Å². The van der Waals surface area contributed by atoms with Crippen LogP contribution >= 0.6 is 35.6 Å². The quantitative estimate of drug-likeness (QED) is 0.338. The molecule has 0 radical (unpaired) electrons. The zero-order chi connectivity index (χ0) is 25.1. The number of carbonyl (C=O) groups is 2. The zero-order valence-electron chi connectivity index (χ0n) is 20.4. The maximum atomic E-state index is 13.9. The molecule has 1 N–H and O–H groups in total. The number of benzene rings is 3. The molecular formula is C29H30Cl3N3O2. The maximum Gasteiger partial charge on any atom is 0.325 e. The molecule has 0 saturated carbocycles.